The molecule has 3 atom stereocenters. The number of cyclic esters (lactones) is 1. The summed E-state index contributed by atoms with van der Waals surface area (Å²) >= 11 is 0. The van der Waals surface area contributed by atoms with Crippen LogP contribution in [0.5, 0.6) is 0 Å². The summed E-state index contributed by atoms with van der Waals surface area (Å²) in [6.07, 6.45) is 3.60. The lowest BCUT2D eigenvalue weighted by atomic mass is 9.88. The van der Waals surface area contributed by atoms with E-state index in [9.17, 15) is 22.8 Å². The van der Waals surface area contributed by atoms with Gasteiger partial charge in [-0.2, -0.15) is 5.10 Å². The van der Waals surface area contributed by atoms with Gasteiger partial charge in [-0.3, -0.25) is 9.58 Å². The second-order valence-electron chi connectivity index (χ2n) is 10.3. The minimum Gasteiger partial charge on any atom is -0.441 e. The number of aromatic nitrogens is 2. The standard InChI is InChI=1S/C24H28F3N5O3/c1-12(2)21-24(3,4)35-23(34)31(21)18-10-28-32-17-7-5-6-16(17)30(11-19(18)32)22(33)29-13-8-14(25)20(27)15(26)9-13/h8-10,12,16-17,21H,5-7,11H2,1-4H3,(H,29,33)/t16-,17+,21-/m0/s1. The number of anilines is 2. The lowest BCUT2D eigenvalue weighted by Crippen LogP contribution is -2.50. The molecule has 1 aliphatic carbocycles. The van der Waals surface area contributed by atoms with E-state index in [1.54, 1.807) is 16.0 Å². The third-order valence-corrected chi connectivity index (χ3v) is 7.28. The number of carbonyl (C=O) groups excluding carboxylic acids is 2. The van der Waals surface area contributed by atoms with Gasteiger partial charge in [-0.05, 0) is 39.0 Å². The van der Waals surface area contributed by atoms with Crippen LogP contribution in [-0.4, -0.2) is 44.5 Å². The number of benzene rings is 1. The number of amides is 3. The van der Waals surface area contributed by atoms with Crippen LogP contribution in [-0.2, 0) is 11.3 Å². The predicted octanol–water partition coefficient (Wildman–Crippen LogP) is 5.20. The third-order valence-electron chi connectivity index (χ3n) is 7.28. The van der Waals surface area contributed by atoms with Gasteiger partial charge >= 0.3 is 12.1 Å². The summed E-state index contributed by atoms with van der Waals surface area (Å²) in [7, 11) is 0. The van der Waals surface area contributed by atoms with Gasteiger partial charge in [0.2, 0.25) is 0 Å². The number of urea groups is 1. The predicted molar refractivity (Wildman–Crippen MR) is 121 cm³/mol. The van der Waals surface area contributed by atoms with Crippen LogP contribution < -0.4 is 10.2 Å². The van der Waals surface area contributed by atoms with Crippen LogP contribution >= 0.6 is 0 Å². The van der Waals surface area contributed by atoms with Crippen molar-refractivity contribution in [3.63, 3.8) is 0 Å². The van der Waals surface area contributed by atoms with Crippen LogP contribution in [0.4, 0.5) is 34.1 Å². The normalized spacial score (nSPS) is 25.0. The Bertz CT molecular complexity index is 1170. The topological polar surface area (TPSA) is 79.7 Å². The first-order valence-electron chi connectivity index (χ1n) is 11.8. The van der Waals surface area contributed by atoms with Gasteiger partial charge in [0, 0.05) is 17.8 Å². The van der Waals surface area contributed by atoms with Crippen LogP contribution in [0.2, 0.25) is 0 Å². The molecule has 0 bridgehead atoms. The second-order valence-corrected chi connectivity index (χ2v) is 10.3. The highest BCUT2D eigenvalue weighted by molar-refractivity contribution is 5.93. The maximum Gasteiger partial charge on any atom is 0.415 e. The molecule has 1 aromatic heterocycles. The lowest BCUT2D eigenvalue weighted by molar-refractivity contribution is 0.0592. The molecule has 1 saturated heterocycles. The van der Waals surface area contributed by atoms with Crippen LogP contribution in [0.3, 0.4) is 0 Å². The molecule has 3 amide bonds. The summed E-state index contributed by atoms with van der Waals surface area (Å²) in [6, 6.07) is 0.431. The molecule has 188 valence electrons. The van der Waals surface area contributed by atoms with Crippen molar-refractivity contribution in [1.29, 1.82) is 0 Å². The summed E-state index contributed by atoms with van der Waals surface area (Å²) in [5.41, 5.74) is 0.393. The molecule has 8 nitrogen and oxygen atoms in total. The molecule has 1 saturated carbocycles. The van der Waals surface area contributed by atoms with Gasteiger partial charge in [-0.1, -0.05) is 13.8 Å². The maximum atomic E-state index is 13.7. The number of hydrogen-bond donors (Lipinski definition) is 1. The van der Waals surface area contributed by atoms with Crippen molar-refractivity contribution in [2.45, 2.75) is 77.2 Å². The molecule has 3 aliphatic rings. The maximum absolute atomic E-state index is 13.7. The Labute approximate surface area is 201 Å². The molecule has 0 radical (unpaired) electrons. The van der Waals surface area contributed by atoms with Crippen molar-refractivity contribution in [1.82, 2.24) is 14.7 Å². The van der Waals surface area contributed by atoms with Crippen LogP contribution in [0.25, 0.3) is 0 Å². The summed E-state index contributed by atoms with van der Waals surface area (Å²) < 4.78 is 48.3. The Kier molecular flexibility index (Phi) is 5.48. The number of hydrogen-bond acceptors (Lipinski definition) is 4. The highest BCUT2D eigenvalue weighted by Gasteiger charge is 2.52. The van der Waals surface area contributed by atoms with Gasteiger partial charge in [-0.25, -0.2) is 22.8 Å². The Morgan fingerprint density at radius 2 is 1.83 bits per heavy atom. The number of fused-ring (bicyclic) bond motifs is 3. The fraction of sp³-hybridized carbons (Fsp3) is 0.542. The molecule has 5 rings (SSSR count). The Morgan fingerprint density at radius 3 is 2.49 bits per heavy atom. The molecule has 2 aromatic rings. The largest absolute Gasteiger partial charge is 0.441 e. The zero-order valence-corrected chi connectivity index (χ0v) is 20.0. The van der Waals surface area contributed by atoms with Crippen molar-refractivity contribution in [2.75, 3.05) is 10.2 Å². The third kappa shape index (κ3) is 3.71. The molecule has 0 spiro atoms. The summed E-state index contributed by atoms with van der Waals surface area (Å²) in [6.45, 7) is 7.93. The number of rotatable bonds is 3. The van der Waals surface area contributed by atoms with Gasteiger partial charge in [-0.15, -0.1) is 0 Å². The first kappa shape index (κ1) is 23.5. The number of nitrogens with one attached hydrogen (secondary N) is 1. The van der Waals surface area contributed by atoms with E-state index in [1.807, 2.05) is 32.4 Å². The van der Waals surface area contributed by atoms with E-state index in [2.05, 4.69) is 10.4 Å². The summed E-state index contributed by atoms with van der Waals surface area (Å²) in [4.78, 5) is 29.4. The minimum atomic E-state index is -1.59. The molecule has 35 heavy (non-hydrogen) atoms. The van der Waals surface area contributed by atoms with Crippen LogP contribution in [0, 0.1) is 23.4 Å². The first-order valence-corrected chi connectivity index (χ1v) is 11.8. The molecule has 1 aromatic carbocycles. The Balaban J connectivity index is 1.49. The van der Waals surface area contributed by atoms with Crippen molar-refractivity contribution in [2.24, 2.45) is 5.92 Å². The average Bonchev–Trinajstić information content (AvgIpc) is 3.45. The van der Waals surface area contributed by atoms with Gasteiger partial charge in [0.05, 0.1) is 42.2 Å². The Morgan fingerprint density at radius 1 is 1.17 bits per heavy atom. The van der Waals surface area contributed by atoms with Gasteiger partial charge < -0.3 is 15.0 Å². The molecule has 2 aliphatic heterocycles. The van der Waals surface area contributed by atoms with Crippen LogP contribution in [0.1, 0.15) is 58.7 Å². The highest BCUT2D eigenvalue weighted by atomic mass is 19.2. The zero-order valence-electron chi connectivity index (χ0n) is 20.0. The van der Waals surface area contributed by atoms with Crippen molar-refractivity contribution in [3.8, 4) is 0 Å². The van der Waals surface area contributed by atoms with E-state index in [0.717, 1.165) is 31.4 Å². The average molecular weight is 492 g/mol. The number of carbonyl (C=O) groups is 2. The molecule has 11 heteroatoms. The van der Waals surface area contributed by atoms with E-state index >= 15 is 0 Å². The van der Waals surface area contributed by atoms with Crippen molar-refractivity contribution < 1.29 is 27.5 Å². The lowest BCUT2D eigenvalue weighted by Gasteiger charge is -2.39. The highest BCUT2D eigenvalue weighted by Crippen LogP contribution is 2.44. The number of nitrogens with zero attached hydrogens (tertiary/aromatic N) is 4. The van der Waals surface area contributed by atoms with E-state index in [0.29, 0.717) is 11.4 Å². The SMILES string of the molecule is CC(C)[C@@H]1N(c2cnn3c2CN(C(=O)Nc2cc(F)c(F)c(F)c2)[C@H]2CCC[C@H]23)C(=O)OC1(C)C. The van der Waals surface area contributed by atoms with Gasteiger partial charge in [0.15, 0.2) is 17.5 Å². The van der Waals surface area contributed by atoms with Crippen LogP contribution in [0.15, 0.2) is 18.3 Å². The van der Waals surface area contributed by atoms with E-state index < -0.39 is 35.2 Å². The fourth-order valence-corrected chi connectivity index (χ4v) is 6.02. The van der Waals surface area contributed by atoms with Gasteiger partial charge in [0.1, 0.15) is 5.60 Å². The monoisotopic (exact) mass is 491 g/mol. The number of halogens is 3. The number of ether oxygens (including phenoxy) is 1. The quantitative estimate of drug-likeness (QED) is 0.599. The molecule has 3 heterocycles. The zero-order chi connectivity index (χ0) is 25.2. The first-order chi connectivity index (χ1) is 16.5. The molecular formula is C24H28F3N5O3. The summed E-state index contributed by atoms with van der Waals surface area (Å²) in [5, 5.41) is 7.10. The second kappa shape index (κ2) is 8.17. The van der Waals surface area contributed by atoms with Crippen molar-refractivity contribution in [3.05, 3.63) is 41.5 Å². The van der Waals surface area contributed by atoms with E-state index in [-0.39, 0.29) is 36.3 Å². The molecule has 1 N–H and O–H groups in total. The smallest absolute Gasteiger partial charge is 0.415 e. The minimum absolute atomic E-state index is 0.0935. The van der Waals surface area contributed by atoms with Crippen molar-refractivity contribution >= 4 is 23.5 Å². The Hall–Kier alpha value is -3.24. The summed E-state index contributed by atoms with van der Waals surface area (Å²) in [5.74, 6) is -4.26. The molecule has 0 unspecified atom stereocenters. The molecular weight excluding hydrogens is 463 g/mol. The molecule has 2 fully saturated rings. The van der Waals surface area contributed by atoms with Gasteiger partial charge in [0.25, 0.3) is 0 Å². The van der Waals surface area contributed by atoms with E-state index in [1.165, 1.54) is 0 Å². The fourth-order valence-electron chi connectivity index (χ4n) is 6.02. The van der Waals surface area contributed by atoms with E-state index in [4.69, 9.17) is 4.74 Å².